The van der Waals surface area contributed by atoms with Gasteiger partial charge in [-0.25, -0.2) is 4.98 Å². The zero-order valence-corrected chi connectivity index (χ0v) is 14.7. The number of rotatable bonds is 3. The summed E-state index contributed by atoms with van der Waals surface area (Å²) in [4.78, 5) is 6.93. The zero-order valence-electron chi connectivity index (χ0n) is 14.7. The summed E-state index contributed by atoms with van der Waals surface area (Å²) >= 11 is 0. The van der Waals surface area contributed by atoms with E-state index >= 15 is 0 Å². The minimum absolute atomic E-state index is 0.427. The van der Waals surface area contributed by atoms with Gasteiger partial charge in [0.05, 0.1) is 29.2 Å². The zero-order chi connectivity index (χ0) is 17.4. The quantitative estimate of drug-likeness (QED) is 0.739. The number of imidazole rings is 1. The average molecular weight is 334 g/mol. The summed E-state index contributed by atoms with van der Waals surface area (Å²) in [5.41, 5.74) is 4.99. The van der Waals surface area contributed by atoms with Crippen LogP contribution in [0.15, 0.2) is 30.6 Å². The molecule has 4 heterocycles. The predicted octanol–water partition coefficient (Wildman–Crippen LogP) is 2.86. The van der Waals surface area contributed by atoms with Crippen LogP contribution in [-0.4, -0.2) is 37.2 Å². The maximum Gasteiger partial charge on any atom is 0.137 e. The molecule has 0 aliphatic carbocycles. The summed E-state index contributed by atoms with van der Waals surface area (Å²) in [7, 11) is 0. The molecule has 1 saturated heterocycles. The molecule has 6 nitrogen and oxygen atoms in total. The Hall–Kier alpha value is -2.65. The number of hydrogen-bond donors (Lipinski definition) is 0. The number of piperidine rings is 1. The van der Waals surface area contributed by atoms with Gasteiger partial charge in [0, 0.05) is 25.0 Å². The van der Waals surface area contributed by atoms with Crippen molar-refractivity contribution >= 4 is 5.65 Å². The molecule has 0 saturated carbocycles. The number of fused-ring (bicyclic) bond motifs is 1. The predicted molar refractivity (Wildman–Crippen MR) is 95.2 cm³/mol. The molecule has 0 spiro atoms. The SMILES string of the molecule is Cc1cc(C)n(C2CCCN(Cc3cnc4ccc(C#N)cn34)C2)n1. The van der Waals surface area contributed by atoms with Crippen molar-refractivity contribution in [1.82, 2.24) is 24.1 Å². The standard InChI is InChI=1S/C19H22N6/c1-14-8-15(2)25(22-14)17-4-3-7-23(12-17)13-18-10-21-19-6-5-16(9-20)11-24(18)19/h5-6,8,10-11,17H,3-4,7,12-13H2,1-2H3. The fraction of sp³-hybridized carbons (Fsp3) is 0.421. The number of aryl methyl sites for hydroxylation is 2. The van der Waals surface area contributed by atoms with E-state index in [4.69, 9.17) is 5.26 Å². The smallest absolute Gasteiger partial charge is 0.137 e. The second kappa shape index (κ2) is 6.34. The molecule has 0 amide bonds. The van der Waals surface area contributed by atoms with Crippen molar-refractivity contribution in [3.05, 3.63) is 53.2 Å². The van der Waals surface area contributed by atoms with Gasteiger partial charge in [0.1, 0.15) is 11.7 Å². The monoisotopic (exact) mass is 334 g/mol. The van der Waals surface area contributed by atoms with Crippen LogP contribution in [0.1, 0.15) is 41.5 Å². The first kappa shape index (κ1) is 15.9. The van der Waals surface area contributed by atoms with Gasteiger partial charge >= 0.3 is 0 Å². The molecule has 128 valence electrons. The van der Waals surface area contributed by atoms with Gasteiger partial charge < -0.3 is 4.40 Å². The van der Waals surface area contributed by atoms with Crippen LogP contribution in [0.5, 0.6) is 0 Å². The normalized spacial score (nSPS) is 18.5. The Morgan fingerprint density at radius 3 is 2.96 bits per heavy atom. The van der Waals surface area contributed by atoms with E-state index < -0.39 is 0 Å². The van der Waals surface area contributed by atoms with Gasteiger partial charge in [0.15, 0.2) is 0 Å². The fourth-order valence-electron chi connectivity index (χ4n) is 3.83. The first-order valence-corrected chi connectivity index (χ1v) is 8.75. The highest BCUT2D eigenvalue weighted by Gasteiger charge is 2.23. The summed E-state index contributed by atoms with van der Waals surface area (Å²) in [6, 6.07) is 8.49. The summed E-state index contributed by atoms with van der Waals surface area (Å²) in [6.07, 6.45) is 6.14. The minimum atomic E-state index is 0.427. The molecule has 25 heavy (non-hydrogen) atoms. The lowest BCUT2D eigenvalue weighted by molar-refractivity contribution is 0.160. The van der Waals surface area contributed by atoms with Crippen LogP contribution in [0.2, 0.25) is 0 Å². The lowest BCUT2D eigenvalue weighted by atomic mass is 10.1. The Kier molecular flexibility index (Phi) is 4.02. The van der Waals surface area contributed by atoms with Crippen molar-refractivity contribution in [3.63, 3.8) is 0 Å². The van der Waals surface area contributed by atoms with Gasteiger partial charge in [0.25, 0.3) is 0 Å². The van der Waals surface area contributed by atoms with Crippen LogP contribution in [0.25, 0.3) is 5.65 Å². The molecule has 3 aromatic heterocycles. The van der Waals surface area contributed by atoms with Gasteiger partial charge in [0.2, 0.25) is 0 Å². The van der Waals surface area contributed by atoms with Crippen LogP contribution >= 0.6 is 0 Å². The summed E-state index contributed by atoms with van der Waals surface area (Å²) in [5, 5.41) is 13.8. The van der Waals surface area contributed by atoms with E-state index in [2.05, 4.69) is 45.6 Å². The number of nitrogens with zero attached hydrogens (tertiary/aromatic N) is 6. The van der Waals surface area contributed by atoms with Crippen LogP contribution in [0.4, 0.5) is 0 Å². The summed E-state index contributed by atoms with van der Waals surface area (Å²) in [6.45, 7) is 7.10. The van der Waals surface area contributed by atoms with Crippen molar-refractivity contribution in [2.45, 2.75) is 39.3 Å². The number of aromatic nitrogens is 4. The topological polar surface area (TPSA) is 62.2 Å². The second-order valence-electron chi connectivity index (χ2n) is 6.91. The maximum atomic E-state index is 9.13. The molecule has 4 rings (SSSR count). The summed E-state index contributed by atoms with van der Waals surface area (Å²) < 4.78 is 4.22. The van der Waals surface area contributed by atoms with E-state index in [1.54, 1.807) is 0 Å². The molecular weight excluding hydrogens is 312 g/mol. The Morgan fingerprint density at radius 2 is 2.20 bits per heavy atom. The Balaban J connectivity index is 1.55. The van der Waals surface area contributed by atoms with E-state index in [0.717, 1.165) is 36.7 Å². The average Bonchev–Trinajstić information content (AvgIpc) is 3.17. The lowest BCUT2D eigenvalue weighted by Gasteiger charge is -2.33. The third-order valence-corrected chi connectivity index (χ3v) is 4.97. The first-order chi connectivity index (χ1) is 12.1. The second-order valence-corrected chi connectivity index (χ2v) is 6.91. The molecule has 1 aliphatic heterocycles. The molecule has 1 unspecified atom stereocenters. The molecular formula is C19H22N6. The van der Waals surface area contributed by atoms with E-state index in [-0.39, 0.29) is 0 Å². The minimum Gasteiger partial charge on any atom is -0.301 e. The van der Waals surface area contributed by atoms with Crippen LogP contribution in [0.3, 0.4) is 0 Å². The molecule has 1 fully saturated rings. The molecule has 1 aliphatic rings. The van der Waals surface area contributed by atoms with Crippen molar-refractivity contribution in [3.8, 4) is 6.07 Å². The molecule has 0 N–H and O–H groups in total. The van der Waals surface area contributed by atoms with Crippen molar-refractivity contribution in [1.29, 1.82) is 5.26 Å². The molecule has 0 bridgehead atoms. The Morgan fingerprint density at radius 1 is 1.32 bits per heavy atom. The highest BCUT2D eigenvalue weighted by atomic mass is 15.3. The van der Waals surface area contributed by atoms with Crippen LogP contribution in [-0.2, 0) is 6.54 Å². The van der Waals surface area contributed by atoms with Gasteiger partial charge in [-0.3, -0.25) is 9.58 Å². The number of nitriles is 1. The van der Waals surface area contributed by atoms with Gasteiger partial charge in [-0.05, 0) is 51.4 Å². The third kappa shape index (κ3) is 3.03. The first-order valence-electron chi connectivity index (χ1n) is 8.75. The highest BCUT2D eigenvalue weighted by molar-refractivity contribution is 5.44. The number of likely N-dealkylation sites (tertiary alicyclic amines) is 1. The lowest BCUT2D eigenvalue weighted by Crippen LogP contribution is -2.37. The van der Waals surface area contributed by atoms with Gasteiger partial charge in [-0.2, -0.15) is 10.4 Å². The van der Waals surface area contributed by atoms with Crippen molar-refractivity contribution < 1.29 is 0 Å². The highest BCUT2D eigenvalue weighted by Crippen LogP contribution is 2.24. The van der Waals surface area contributed by atoms with E-state index in [1.807, 2.05) is 28.9 Å². The largest absolute Gasteiger partial charge is 0.301 e. The van der Waals surface area contributed by atoms with Crippen LogP contribution in [0, 0.1) is 25.2 Å². The van der Waals surface area contributed by atoms with Gasteiger partial charge in [-0.15, -0.1) is 0 Å². The maximum absolute atomic E-state index is 9.13. The fourth-order valence-corrected chi connectivity index (χ4v) is 3.83. The molecule has 0 aromatic carbocycles. The van der Waals surface area contributed by atoms with Crippen molar-refractivity contribution in [2.24, 2.45) is 0 Å². The van der Waals surface area contributed by atoms with E-state index in [0.29, 0.717) is 11.6 Å². The van der Waals surface area contributed by atoms with E-state index in [1.165, 1.54) is 18.5 Å². The number of pyridine rings is 1. The van der Waals surface area contributed by atoms with Crippen LogP contribution < -0.4 is 0 Å². The Bertz CT molecular complexity index is 945. The Labute approximate surface area is 147 Å². The van der Waals surface area contributed by atoms with Crippen molar-refractivity contribution in [2.75, 3.05) is 13.1 Å². The molecule has 1 atom stereocenters. The molecule has 0 radical (unpaired) electrons. The summed E-state index contributed by atoms with van der Waals surface area (Å²) in [5.74, 6) is 0. The molecule has 3 aromatic rings. The number of hydrogen-bond acceptors (Lipinski definition) is 4. The van der Waals surface area contributed by atoms with E-state index in [9.17, 15) is 0 Å². The van der Waals surface area contributed by atoms with Gasteiger partial charge in [-0.1, -0.05) is 0 Å². The molecule has 6 heteroatoms. The third-order valence-electron chi connectivity index (χ3n) is 4.97.